The molecular weight excluding hydrogens is 254 g/mol. The SMILES string of the molecule is CC1(C)CCC(O)(CNC(=O)CS(C)(=O)=O)CC1. The van der Waals surface area contributed by atoms with Gasteiger partial charge in [0, 0.05) is 12.8 Å². The highest BCUT2D eigenvalue weighted by molar-refractivity contribution is 7.91. The lowest BCUT2D eigenvalue weighted by molar-refractivity contribution is -0.120. The van der Waals surface area contributed by atoms with Gasteiger partial charge in [0.1, 0.15) is 5.75 Å². The van der Waals surface area contributed by atoms with E-state index in [9.17, 15) is 18.3 Å². The molecule has 1 aliphatic carbocycles. The molecule has 0 aromatic rings. The highest BCUT2D eigenvalue weighted by Crippen LogP contribution is 2.39. The molecule has 1 aliphatic rings. The molecule has 0 radical (unpaired) electrons. The molecule has 1 amide bonds. The smallest absolute Gasteiger partial charge is 0.235 e. The van der Waals surface area contributed by atoms with Crippen LogP contribution >= 0.6 is 0 Å². The zero-order chi connectivity index (χ0) is 14.0. The van der Waals surface area contributed by atoms with E-state index in [1.54, 1.807) is 0 Å². The van der Waals surface area contributed by atoms with Crippen molar-refractivity contribution in [1.82, 2.24) is 5.32 Å². The highest BCUT2D eigenvalue weighted by Gasteiger charge is 2.36. The van der Waals surface area contributed by atoms with Gasteiger partial charge >= 0.3 is 0 Å². The molecule has 2 N–H and O–H groups in total. The third-order valence-corrected chi connectivity index (χ3v) is 4.33. The molecular formula is C12H23NO4S. The molecule has 1 rings (SSSR count). The summed E-state index contributed by atoms with van der Waals surface area (Å²) in [5, 5.41) is 12.8. The van der Waals surface area contributed by atoms with Gasteiger partial charge in [-0.25, -0.2) is 8.42 Å². The number of aliphatic hydroxyl groups is 1. The van der Waals surface area contributed by atoms with Gasteiger partial charge in [-0.2, -0.15) is 0 Å². The summed E-state index contributed by atoms with van der Waals surface area (Å²) < 4.78 is 21.9. The Morgan fingerprint density at radius 2 is 1.72 bits per heavy atom. The third kappa shape index (κ3) is 5.35. The predicted molar refractivity (Wildman–Crippen MR) is 69.9 cm³/mol. The van der Waals surface area contributed by atoms with Crippen molar-refractivity contribution in [3.8, 4) is 0 Å². The molecule has 5 nitrogen and oxygen atoms in total. The molecule has 0 aliphatic heterocycles. The van der Waals surface area contributed by atoms with E-state index in [0.29, 0.717) is 12.8 Å². The molecule has 0 saturated heterocycles. The minimum absolute atomic E-state index is 0.136. The van der Waals surface area contributed by atoms with Crippen LogP contribution in [0.4, 0.5) is 0 Å². The molecule has 0 heterocycles. The van der Waals surface area contributed by atoms with Crippen LogP contribution in [0.1, 0.15) is 39.5 Å². The third-order valence-electron chi connectivity index (χ3n) is 3.54. The van der Waals surface area contributed by atoms with Crippen LogP contribution < -0.4 is 5.32 Å². The molecule has 1 saturated carbocycles. The number of sulfone groups is 1. The normalized spacial score (nSPS) is 22.4. The average Bonchev–Trinajstić information content (AvgIpc) is 2.18. The summed E-state index contributed by atoms with van der Waals surface area (Å²) in [6.45, 7) is 4.46. The summed E-state index contributed by atoms with van der Waals surface area (Å²) in [4.78, 5) is 11.4. The number of amides is 1. The molecule has 0 bridgehead atoms. The van der Waals surface area contributed by atoms with Gasteiger partial charge in [0.2, 0.25) is 5.91 Å². The van der Waals surface area contributed by atoms with Gasteiger partial charge in [-0.05, 0) is 31.1 Å². The number of carbonyl (C=O) groups is 1. The van der Waals surface area contributed by atoms with Crippen molar-refractivity contribution in [2.45, 2.75) is 45.1 Å². The maximum atomic E-state index is 11.4. The number of nitrogens with one attached hydrogen (secondary N) is 1. The number of hydrogen-bond acceptors (Lipinski definition) is 4. The number of hydrogen-bond donors (Lipinski definition) is 2. The van der Waals surface area contributed by atoms with E-state index in [0.717, 1.165) is 19.1 Å². The van der Waals surface area contributed by atoms with E-state index in [4.69, 9.17) is 0 Å². The van der Waals surface area contributed by atoms with Crippen molar-refractivity contribution in [2.24, 2.45) is 5.41 Å². The molecule has 0 atom stereocenters. The second-order valence-electron chi connectivity index (χ2n) is 6.24. The molecule has 106 valence electrons. The fourth-order valence-corrected chi connectivity index (χ4v) is 2.70. The maximum Gasteiger partial charge on any atom is 0.235 e. The highest BCUT2D eigenvalue weighted by atomic mass is 32.2. The Kier molecular flexibility index (Phi) is 4.43. The quantitative estimate of drug-likeness (QED) is 0.783. The number of carbonyl (C=O) groups excluding carboxylic acids is 1. The molecule has 0 unspecified atom stereocenters. The van der Waals surface area contributed by atoms with Crippen LogP contribution in [0.3, 0.4) is 0 Å². The molecule has 6 heteroatoms. The van der Waals surface area contributed by atoms with Crippen LogP contribution in [-0.4, -0.2) is 43.6 Å². The lowest BCUT2D eigenvalue weighted by atomic mass is 9.71. The van der Waals surface area contributed by atoms with E-state index in [1.807, 2.05) is 0 Å². The van der Waals surface area contributed by atoms with Gasteiger partial charge in [-0.15, -0.1) is 0 Å². The van der Waals surface area contributed by atoms with E-state index in [1.165, 1.54) is 0 Å². The summed E-state index contributed by atoms with van der Waals surface area (Å²) in [6, 6.07) is 0. The lowest BCUT2D eigenvalue weighted by Crippen LogP contribution is -2.47. The van der Waals surface area contributed by atoms with Crippen molar-refractivity contribution in [3.05, 3.63) is 0 Å². The van der Waals surface area contributed by atoms with Crippen LogP contribution in [0, 0.1) is 5.41 Å². The van der Waals surface area contributed by atoms with Crippen molar-refractivity contribution in [1.29, 1.82) is 0 Å². The summed E-state index contributed by atoms with van der Waals surface area (Å²) in [7, 11) is -3.31. The van der Waals surface area contributed by atoms with E-state index < -0.39 is 27.1 Å². The predicted octanol–water partition coefficient (Wildman–Crippen LogP) is 0.478. The minimum atomic E-state index is -3.31. The summed E-state index contributed by atoms with van der Waals surface area (Å²) >= 11 is 0. The second kappa shape index (κ2) is 5.17. The number of rotatable bonds is 4. The van der Waals surface area contributed by atoms with Gasteiger partial charge in [0.15, 0.2) is 9.84 Å². The Balaban J connectivity index is 2.42. The second-order valence-corrected chi connectivity index (χ2v) is 8.38. The van der Waals surface area contributed by atoms with Crippen LogP contribution in [0.25, 0.3) is 0 Å². The van der Waals surface area contributed by atoms with Crippen molar-refractivity contribution >= 4 is 15.7 Å². The zero-order valence-electron chi connectivity index (χ0n) is 11.3. The molecule has 0 aromatic carbocycles. The van der Waals surface area contributed by atoms with Crippen molar-refractivity contribution < 1.29 is 18.3 Å². The maximum absolute atomic E-state index is 11.4. The molecule has 0 aromatic heterocycles. The van der Waals surface area contributed by atoms with Gasteiger partial charge < -0.3 is 10.4 Å². The Labute approximate surface area is 109 Å². The van der Waals surface area contributed by atoms with Crippen LogP contribution in [0.2, 0.25) is 0 Å². The standard InChI is InChI=1S/C12H23NO4S/c1-11(2)4-6-12(15,7-5-11)9-13-10(14)8-18(3,16)17/h15H,4-9H2,1-3H3,(H,13,14). The van der Waals surface area contributed by atoms with E-state index in [2.05, 4.69) is 19.2 Å². The van der Waals surface area contributed by atoms with Gasteiger partial charge in [-0.1, -0.05) is 13.8 Å². The fourth-order valence-electron chi connectivity index (χ4n) is 2.12. The first-order chi connectivity index (χ1) is 8.02. The van der Waals surface area contributed by atoms with Crippen molar-refractivity contribution in [2.75, 3.05) is 18.6 Å². The molecule has 0 spiro atoms. The summed E-state index contributed by atoms with van der Waals surface area (Å²) in [5.74, 6) is -1.06. The van der Waals surface area contributed by atoms with E-state index >= 15 is 0 Å². The first-order valence-electron chi connectivity index (χ1n) is 6.18. The lowest BCUT2D eigenvalue weighted by Gasteiger charge is -2.40. The largest absolute Gasteiger partial charge is 0.388 e. The Bertz CT molecular complexity index is 404. The first kappa shape index (κ1) is 15.4. The summed E-state index contributed by atoms with van der Waals surface area (Å²) in [5.41, 5.74) is -0.647. The molecule has 18 heavy (non-hydrogen) atoms. The van der Waals surface area contributed by atoms with E-state index in [-0.39, 0.29) is 12.0 Å². The average molecular weight is 277 g/mol. The van der Waals surface area contributed by atoms with Crippen molar-refractivity contribution in [3.63, 3.8) is 0 Å². The Morgan fingerprint density at radius 3 is 2.17 bits per heavy atom. The summed E-state index contributed by atoms with van der Waals surface area (Å²) in [6.07, 6.45) is 4.11. The zero-order valence-corrected chi connectivity index (χ0v) is 12.1. The molecule has 1 fully saturated rings. The van der Waals surface area contributed by atoms with Crippen LogP contribution in [0.5, 0.6) is 0 Å². The fraction of sp³-hybridized carbons (Fsp3) is 0.917. The van der Waals surface area contributed by atoms with Gasteiger partial charge in [0.05, 0.1) is 5.60 Å². The minimum Gasteiger partial charge on any atom is -0.388 e. The first-order valence-corrected chi connectivity index (χ1v) is 8.24. The monoisotopic (exact) mass is 277 g/mol. The van der Waals surface area contributed by atoms with Crippen LogP contribution in [0.15, 0.2) is 0 Å². The Hall–Kier alpha value is -0.620. The topological polar surface area (TPSA) is 83.5 Å². The van der Waals surface area contributed by atoms with Crippen LogP contribution in [-0.2, 0) is 14.6 Å². The Morgan fingerprint density at radius 1 is 1.22 bits per heavy atom. The van der Waals surface area contributed by atoms with Gasteiger partial charge in [-0.3, -0.25) is 4.79 Å². The van der Waals surface area contributed by atoms with Gasteiger partial charge in [0.25, 0.3) is 0 Å².